The lowest BCUT2D eigenvalue weighted by Gasteiger charge is -2.23. The zero-order valence-corrected chi connectivity index (χ0v) is 11.4. The minimum absolute atomic E-state index is 0.0205. The summed E-state index contributed by atoms with van der Waals surface area (Å²) in [5, 5.41) is 0. The van der Waals surface area contributed by atoms with Crippen molar-refractivity contribution in [3.8, 4) is 5.88 Å². The fourth-order valence-electron chi connectivity index (χ4n) is 2.67. The van der Waals surface area contributed by atoms with Gasteiger partial charge in [-0.15, -0.1) is 0 Å². The normalized spacial score (nSPS) is 24.8. The summed E-state index contributed by atoms with van der Waals surface area (Å²) in [6, 6.07) is 3.12. The van der Waals surface area contributed by atoms with E-state index < -0.39 is 12.1 Å². The quantitative estimate of drug-likeness (QED) is 0.831. The maximum Gasteiger partial charge on any atom is 0.251 e. The molecule has 0 aromatic carbocycles. The highest BCUT2D eigenvalue weighted by molar-refractivity contribution is 5.85. The summed E-state index contributed by atoms with van der Waals surface area (Å²) >= 11 is 0. The van der Waals surface area contributed by atoms with Crippen LogP contribution < -0.4 is 4.74 Å². The SMILES string of the molecule is COc1ncccc1[C@@H]1OC=N[C@H]1C(=O)N1CCCC1. The Bertz CT molecular complexity index is 526. The third kappa shape index (κ3) is 2.21. The van der Waals surface area contributed by atoms with Crippen molar-refractivity contribution < 1.29 is 14.3 Å². The van der Waals surface area contributed by atoms with Gasteiger partial charge in [-0.2, -0.15) is 0 Å². The van der Waals surface area contributed by atoms with Crippen molar-refractivity contribution >= 4 is 12.3 Å². The van der Waals surface area contributed by atoms with Gasteiger partial charge >= 0.3 is 0 Å². The van der Waals surface area contributed by atoms with Crippen LogP contribution in [0.2, 0.25) is 0 Å². The standard InChI is InChI=1S/C14H17N3O3/c1-19-13-10(5-4-6-15-13)12-11(16-9-20-12)14(18)17-7-2-3-8-17/h4-6,9,11-12H,2-3,7-8H2,1H3/t11-,12+/m1/s1. The second-order valence-corrected chi connectivity index (χ2v) is 4.89. The average molecular weight is 275 g/mol. The molecule has 6 heteroatoms. The molecule has 2 aliphatic rings. The van der Waals surface area contributed by atoms with Crippen LogP contribution in [0.25, 0.3) is 0 Å². The van der Waals surface area contributed by atoms with Crippen molar-refractivity contribution in [2.75, 3.05) is 20.2 Å². The minimum Gasteiger partial charge on any atom is -0.481 e. The third-order valence-electron chi connectivity index (χ3n) is 3.69. The van der Waals surface area contributed by atoms with Gasteiger partial charge in [0.15, 0.2) is 18.5 Å². The maximum atomic E-state index is 12.5. The predicted molar refractivity (Wildman–Crippen MR) is 72.7 cm³/mol. The molecule has 0 aliphatic carbocycles. The van der Waals surface area contributed by atoms with Gasteiger partial charge in [-0.3, -0.25) is 4.79 Å². The van der Waals surface area contributed by atoms with Crippen LogP contribution in [0.5, 0.6) is 5.88 Å². The van der Waals surface area contributed by atoms with Crippen molar-refractivity contribution in [1.29, 1.82) is 0 Å². The molecule has 0 saturated carbocycles. The van der Waals surface area contributed by atoms with Crippen LogP contribution in [0.15, 0.2) is 23.3 Å². The van der Waals surface area contributed by atoms with Crippen molar-refractivity contribution in [3.05, 3.63) is 23.9 Å². The summed E-state index contributed by atoms with van der Waals surface area (Å²) in [5.74, 6) is 0.495. The van der Waals surface area contributed by atoms with Crippen molar-refractivity contribution in [1.82, 2.24) is 9.88 Å². The topological polar surface area (TPSA) is 64.0 Å². The van der Waals surface area contributed by atoms with E-state index in [4.69, 9.17) is 9.47 Å². The van der Waals surface area contributed by atoms with Crippen molar-refractivity contribution in [2.45, 2.75) is 25.0 Å². The van der Waals surface area contributed by atoms with E-state index in [9.17, 15) is 4.79 Å². The van der Waals surface area contributed by atoms with Crippen LogP contribution in [0.1, 0.15) is 24.5 Å². The molecule has 0 unspecified atom stereocenters. The largest absolute Gasteiger partial charge is 0.481 e. The van der Waals surface area contributed by atoms with Gasteiger partial charge in [0.05, 0.1) is 12.7 Å². The van der Waals surface area contributed by atoms with Gasteiger partial charge in [-0.1, -0.05) is 0 Å². The summed E-state index contributed by atoms with van der Waals surface area (Å²) in [7, 11) is 1.55. The number of aromatic nitrogens is 1. The first kappa shape index (κ1) is 12.9. The van der Waals surface area contributed by atoms with E-state index in [1.54, 1.807) is 19.4 Å². The molecule has 3 rings (SSSR count). The van der Waals surface area contributed by atoms with E-state index in [0.717, 1.165) is 31.5 Å². The number of hydrogen-bond acceptors (Lipinski definition) is 5. The van der Waals surface area contributed by atoms with Gasteiger partial charge in [0.1, 0.15) is 0 Å². The van der Waals surface area contributed by atoms with E-state index in [2.05, 4.69) is 9.98 Å². The van der Waals surface area contributed by atoms with Crippen LogP contribution in [-0.4, -0.2) is 48.4 Å². The predicted octanol–water partition coefficient (Wildman–Crippen LogP) is 1.18. The van der Waals surface area contributed by atoms with E-state index >= 15 is 0 Å². The van der Waals surface area contributed by atoms with Gasteiger partial charge in [-0.25, -0.2) is 9.98 Å². The molecule has 6 nitrogen and oxygen atoms in total. The Morgan fingerprint density at radius 3 is 3.00 bits per heavy atom. The number of methoxy groups -OCH3 is 1. The Kier molecular flexibility index (Phi) is 3.54. The monoisotopic (exact) mass is 275 g/mol. The van der Waals surface area contributed by atoms with E-state index in [0.29, 0.717) is 5.88 Å². The number of carbonyl (C=O) groups excluding carboxylic acids is 1. The van der Waals surface area contributed by atoms with Gasteiger partial charge in [0.25, 0.3) is 5.91 Å². The van der Waals surface area contributed by atoms with Crippen LogP contribution in [-0.2, 0) is 9.53 Å². The molecule has 1 aromatic rings. The Hall–Kier alpha value is -2.11. The molecule has 1 fully saturated rings. The second-order valence-electron chi connectivity index (χ2n) is 4.89. The highest BCUT2D eigenvalue weighted by Crippen LogP contribution is 2.33. The molecule has 0 spiro atoms. The van der Waals surface area contributed by atoms with Crippen LogP contribution in [0, 0.1) is 0 Å². The first-order valence-electron chi connectivity index (χ1n) is 6.76. The first-order valence-corrected chi connectivity index (χ1v) is 6.76. The van der Waals surface area contributed by atoms with Crippen LogP contribution >= 0.6 is 0 Å². The molecule has 0 bridgehead atoms. The van der Waals surface area contributed by atoms with Crippen molar-refractivity contribution in [2.24, 2.45) is 4.99 Å². The van der Waals surface area contributed by atoms with E-state index in [1.807, 2.05) is 11.0 Å². The summed E-state index contributed by atoms with van der Waals surface area (Å²) in [6.07, 6.45) is 4.67. The van der Waals surface area contributed by atoms with Crippen molar-refractivity contribution in [3.63, 3.8) is 0 Å². The first-order chi connectivity index (χ1) is 9.81. The minimum atomic E-state index is -0.536. The van der Waals surface area contributed by atoms with Crippen LogP contribution in [0.3, 0.4) is 0 Å². The number of rotatable bonds is 3. The second kappa shape index (κ2) is 5.48. The maximum absolute atomic E-state index is 12.5. The van der Waals surface area contributed by atoms with Gasteiger partial charge < -0.3 is 14.4 Å². The average Bonchev–Trinajstić information content (AvgIpc) is 3.17. The molecule has 2 aliphatic heterocycles. The fraction of sp³-hybridized carbons (Fsp3) is 0.500. The van der Waals surface area contributed by atoms with Crippen LogP contribution in [0.4, 0.5) is 0 Å². The molecule has 106 valence electrons. The summed E-state index contributed by atoms with van der Waals surface area (Å²) in [4.78, 5) is 22.7. The lowest BCUT2D eigenvalue weighted by molar-refractivity contribution is -0.133. The number of pyridine rings is 1. The molecule has 1 amide bonds. The molecule has 0 N–H and O–H groups in total. The lowest BCUT2D eigenvalue weighted by Crippen LogP contribution is -2.38. The highest BCUT2D eigenvalue weighted by atomic mass is 16.5. The summed E-state index contributed by atoms with van der Waals surface area (Å²) in [5.41, 5.74) is 0.755. The van der Waals surface area contributed by atoms with E-state index in [-0.39, 0.29) is 5.91 Å². The number of ether oxygens (including phenoxy) is 2. The zero-order valence-electron chi connectivity index (χ0n) is 11.4. The summed E-state index contributed by atoms with van der Waals surface area (Å²) in [6.45, 7) is 1.61. The van der Waals surface area contributed by atoms with Gasteiger partial charge in [0.2, 0.25) is 5.88 Å². The lowest BCUT2D eigenvalue weighted by atomic mass is 10.0. The molecule has 20 heavy (non-hydrogen) atoms. The Morgan fingerprint density at radius 1 is 1.45 bits per heavy atom. The molecular weight excluding hydrogens is 258 g/mol. The zero-order chi connectivity index (χ0) is 13.9. The number of likely N-dealkylation sites (tertiary alicyclic amines) is 1. The molecule has 1 saturated heterocycles. The number of amides is 1. The Labute approximate surface area is 117 Å². The van der Waals surface area contributed by atoms with Gasteiger partial charge in [-0.05, 0) is 25.0 Å². The number of hydrogen-bond donors (Lipinski definition) is 0. The molecule has 3 heterocycles. The fourth-order valence-corrected chi connectivity index (χ4v) is 2.67. The molecular formula is C14H17N3O3. The molecule has 1 aromatic heterocycles. The molecule has 0 radical (unpaired) electrons. The Morgan fingerprint density at radius 2 is 2.25 bits per heavy atom. The van der Waals surface area contributed by atoms with E-state index in [1.165, 1.54) is 6.40 Å². The molecule has 2 atom stereocenters. The number of aliphatic imine (C=N–C) groups is 1. The Balaban J connectivity index is 1.84. The number of nitrogens with zero attached hydrogens (tertiary/aromatic N) is 3. The van der Waals surface area contributed by atoms with Gasteiger partial charge in [0, 0.05) is 19.3 Å². The highest BCUT2D eigenvalue weighted by Gasteiger charge is 2.39. The third-order valence-corrected chi connectivity index (χ3v) is 3.69. The summed E-state index contributed by atoms with van der Waals surface area (Å²) < 4.78 is 10.8. The number of carbonyl (C=O) groups is 1. The smallest absolute Gasteiger partial charge is 0.251 e.